The van der Waals surface area contributed by atoms with Gasteiger partial charge in [-0.2, -0.15) is 0 Å². The molecule has 0 aromatic carbocycles. The number of nitrogens with zero attached hydrogens (tertiary/aromatic N) is 4. The molecule has 1 aromatic rings. The number of aromatic nitrogens is 1. The van der Waals surface area contributed by atoms with Gasteiger partial charge in [-0.05, 0) is 57.5 Å². The van der Waals surface area contributed by atoms with E-state index in [4.69, 9.17) is 10.5 Å². The lowest BCUT2D eigenvalue weighted by Crippen LogP contribution is -2.51. The second-order valence-corrected chi connectivity index (χ2v) is 12.1. The number of carbonyl (C=O) groups is 2. The van der Waals surface area contributed by atoms with Crippen LogP contribution in [0.3, 0.4) is 0 Å². The predicted molar refractivity (Wildman–Crippen MR) is 177 cm³/mol. The van der Waals surface area contributed by atoms with E-state index in [1.807, 2.05) is 19.9 Å². The van der Waals surface area contributed by atoms with Crippen LogP contribution in [0.5, 0.6) is 0 Å². The third kappa shape index (κ3) is 8.39. The van der Waals surface area contributed by atoms with Crippen LogP contribution in [-0.2, 0) is 14.3 Å². The number of amides is 2. The van der Waals surface area contributed by atoms with Gasteiger partial charge in [-0.15, -0.1) is 0 Å². The zero-order chi connectivity index (χ0) is 31.7. The van der Waals surface area contributed by atoms with Crippen molar-refractivity contribution in [1.29, 1.82) is 0 Å². The Morgan fingerprint density at radius 1 is 1.25 bits per heavy atom. The maximum absolute atomic E-state index is 13.1. The SMILES string of the molecule is CCC1C=CC(/C(C=NC)=C/N)=CC(C)=[N+]1CCC=C(C)C(=O)Nc1cc(NC(=O)CN2CCC3(CC2)COC3)cnc1C. The number of nitrogens with one attached hydrogen (secondary N) is 2. The van der Waals surface area contributed by atoms with Crippen LogP contribution in [0.2, 0.25) is 0 Å². The summed E-state index contributed by atoms with van der Waals surface area (Å²) >= 11 is 0. The number of likely N-dealkylation sites (tertiary alicyclic amines) is 1. The molecular weight excluding hydrogens is 554 g/mol. The van der Waals surface area contributed by atoms with Crippen LogP contribution in [0.1, 0.15) is 52.1 Å². The van der Waals surface area contributed by atoms with E-state index in [0.717, 1.165) is 69.0 Å². The van der Waals surface area contributed by atoms with Gasteiger partial charge in [0.05, 0.1) is 43.0 Å². The standard InChI is InChI=1S/C34H47N7O3/c1-6-30-10-9-27(28(18-35)19-36-5)16-25(3)41(30)13-7-8-24(2)33(43)39-31-17-29(20-37-26(31)4)38-32(42)21-40-14-11-34(12-15-40)22-44-23-34/h8-10,16-20,30,35H,6-7,11-15,21-23H2,1-5H3,(H2,38,39,42,43)/p+1. The number of allylic oxidation sites excluding steroid dienone is 4. The van der Waals surface area contributed by atoms with Crippen molar-refractivity contribution in [3.63, 3.8) is 0 Å². The lowest BCUT2D eigenvalue weighted by Gasteiger charge is -2.47. The van der Waals surface area contributed by atoms with E-state index < -0.39 is 0 Å². The van der Waals surface area contributed by atoms with Gasteiger partial charge in [0.2, 0.25) is 5.91 Å². The lowest BCUT2D eigenvalue weighted by atomic mass is 9.77. The highest BCUT2D eigenvalue weighted by Crippen LogP contribution is 2.38. The number of aryl methyl sites for hydroxylation is 1. The molecule has 0 aliphatic carbocycles. The van der Waals surface area contributed by atoms with Crippen LogP contribution in [0, 0.1) is 12.3 Å². The second-order valence-electron chi connectivity index (χ2n) is 12.1. The number of carbonyl (C=O) groups excluding carboxylic acids is 2. The number of anilines is 2. The second kappa shape index (κ2) is 15.2. The highest BCUT2D eigenvalue weighted by molar-refractivity contribution is 6.04. The minimum Gasteiger partial charge on any atom is -0.404 e. The first-order chi connectivity index (χ1) is 21.2. The molecule has 2 fully saturated rings. The monoisotopic (exact) mass is 602 g/mol. The summed E-state index contributed by atoms with van der Waals surface area (Å²) in [6.45, 7) is 12.5. The molecule has 10 heteroatoms. The Labute approximate surface area is 261 Å². The van der Waals surface area contributed by atoms with Crippen molar-refractivity contribution in [2.45, 2.75) is 59.4 Å². The van der Waals surface area contributed by atoms with E-state index in [0.29, 0.717) is 41.0 Å². The molecule has 1 aromatic heterocycles. The van der Waals surface area contributed by atoms with Crippen LogP contribution in [0.4, 0.5) is 11.4 Å². The van der Waals surface area contributed by atoms with Crippen LogP contribution >= 0.6 is 0 Å². The molecule has 1 atom stereocenters. The summed E-state index contributed by atoms with van der Waals surface area (Å²) in [5.74, 6) is -0.274. The van der Waals surface area contributed by atoms with Crippen LogP contribution in [0.25, 0.3) is 0 Å². The summed E-state index contributed by atoms with van der Waals surface area (Å²) in [5.41, 5.74) is 11.7. The highest BCUT2D eigenvalue weighted by Gasteiger charge is 2.41. The summed E-state index contributed by atoms with van der Waals surface area (Å²) in [6.07, 6.45) is 17.2. The first-order valence-electron chi connectivity index (χ1n) is 15.6. The van der Waals surface area contributed by atoms with Crippen LogP contribution in [-0.4, -0.2) is 90.7 Å². The summed E-state index contributed by atoms with van der Waals surface area (Å²) in [4.78, 5) is 36.6. The number of hydrogen-bond acceptors (Lipinski definition) is 7. The fourth-order valence-corrected chi connectivity index (χ4v) is 5.90. The Hall–Kier alpha value is -3.89. The molecule has 1 unspecified atom stereocenters. The van der Waals surface area contributed by atoms with Crippen molar-refractivity contribution in [2.75, 3.05) is 57.1 Å². The van der Waals surface area contributed by atoms with Crippen molar-refractivity contribution in [3.8, 4) is 0 Å². The van der Waals surface area contributed by atoms with Gasteiger partial charge in [-0.25, -0.2) is 4.58 Å². The molecule has 3 aliphatic rings. The fourth-order valence-electron chi connectivity index (χ4n) is 5.90. The van der Waals surface area contributed by atoms with Crippen molar-refractivity contribution in [2.24, 2.45) is 16.1 Å². The van der Waals surface area contributed by atoms with Gasteiger partial charge < -0.3 is 21.1 Å². The quantitative estimate of drug-likeness (QED) is 0.200. The van der Waals surface area contributed by atoms with Gasteiger partial charge in [0, 0.05) is 61.9 Å². The van der Waals surface area contributed by atoms with Gasteiger partial charge in [0.15, 0.2) is 11.8 Å². The number of hydrogen-bond donors (Lipinski definition) is 3. The molecular formula is C34H48N7O3+. The van der Waals surface area contributed by atoms with E-state index in [9.17, 15) is 9.59 Å². The van der Waals surface area contributed by atoms with Gasteiger partial charge in [0.1, 0.15) is 6.54 Å². The zero-order valence-corrected chi connectivity index (χ0v) is 26.9. The minimum atomic E-state index is -0.192. The van der Waals surface area contributed by atoms with Gasteiger partial charge in [-0.1, -0.05) is 19.1 Å². The molecule has 0 saturated carbocycles. The zero-order valence-electron chi connectivity index (χ0n) is 26.9. The average Bonchev–Trinajstić information content (AvgIpc) is 3.15. The topological polar surface area (TPSA) is 125 Å². The number of nitrogens with two attached hydrogens (primary N) is 1. The molecule has 2 saturated heterocycles. The summed E-state index contributed by atoms with van der Waals surface area (Å²) in [7, 11) is 1.73. The smallest absolute Gasteiger partial charge is 0.251 e. The Morgan fingerprint density at radius 3 is 2.64 bits per heavy atom. The Bertz CT molecular complexity index is 1410. The van der Waals surface area contributed by atoms with Crippen LogP contribution < -0.4 is 16.4 Å². The van der Waals surface area contributed by atoms with E-state index in [-0.39, 0.29) is 17.9 Å². The normalized spacial score (nSPS) is 20.8. The van der Waals surface area contributed by atoms with Gasteiger partial charge in [-0.3, -0.25) is 24.5 Å². The molecule has 2 amide bonds. The lowest BCUT2D eigenvalue weighted by molar-refractivity contribution is -0.553. The number of rotatable bonds is 11. The van der Waals surface area contributed by atoms with E-state index in [1.54, 1.807) is 31.7 Å². The predicted octanol–water partition coefficient (Wildman–Crippen LogP) is 4.01. The van der Waals surface area contributed by atoms with E-state index in [2.05, 4.69) is 62.2 Å². The van der Waals surface area contributed by atoms with Crippen molar-refractivity contribution < 1.29 is 18.9 Å². The molecule has 3 aliphatic heterocycles. The summed E-state index contributed by atoms with van der Waals surface area (Å²) < 4.78 is 7.75. The number of piperidine rings is 1. The van der Waals surface area contributed by atoms with Crippen molar-refractivity contribution in [3.05, 3.63) is 65.2 Å². The molecule has 4 rings (SSSR count). The first kappa shape index (κ1) is 33.0. The molecule has 10 nitrogen and oxygen atoms in total. The molecule has 4 heterocycles. The molecule has 0 bridgehead atoms. The molecule has 236 valence electrons. The number of ether oxygens (including phenoxy) is 1. The molecule has 1 spiro atoms. The van der Waals surface area contributed by atoms with Crippen LogP contribution in [0.15, 0.2) is 64.5 Å². The minimum absolute atomic E-state index is 0.0820. The summed E-state index contributed by atoms with van der Waals surface area (Å²) in [5, 5.41) is 5.93. The Balaban J connectivity index is 1.33. The third-order valence-electron chi connectivity index (χ3n) is 8.81. The number of pyridine rings is 1. The van der Waals surface area contributed by atoms with E-state index >= 15 is 0 Å². The maximum atomic E-state index is 13.1. The molecule has 4 N–H and O–H groups in total. The van der Waals surface area contributed by atoms with Crippen molar-refractivity contribution >= 4 is 35.1 Å². The number of aliphatic imine (C=N–C) groups is 1. The first-order valence-corrected chi connectivity index (χ1v) is 15.6. The third-order valence-corrected chi connectivity index (χ3v) is 8.81. The van der Waals surface area contributed by atoms with Crippen molar-refractivity contribution in [1.82, 2.24) is 9.88 Å². The molecule has 44 heavy (non-hydrogen) atoms. The van der Waals surface area contributed by atoms with E-state index in [1.165, 1.54) is 0 Å². The fraction of sp³-hybridized carbons (Fsp3) is 0.500. The summed E-state index contributed by atoms with van der Waals surface area (Å²) in [6, 6.07) is 2.01. The maximum Gasteiger partial charge on any atom is 0.251 e. The molecule has 0 radical (unpaired) electrons. The van der Waals surface area contributed by atoms with Gasteiger partial charge >= 0.3 is 0 Å². The Morgan fingerprint density at radius 2 is 2.00 bits per heavy atom. The highest BCUT2D eigenvalue weighted by atomic mass is 16.5. The Kier molecular flexibility index (Phi) is 11.4. The van der Waals surface area contributed by atoms with Gasteiger partial charge in [0.25, 0.3) is 5.91 Å². The largest absolute Gasteiger partial charge is 0.404 e. The average molecular weight is 603 g/mol.